The lowest BCUT2D eigenvalue weighted by atomic mass is 9.96. The predicted octanol–water partition coefficient (Wildman–Crippen LogP) is 3.66. The molecule has 2 nitrogen and oxygen atoms in total. The number of benzene rings is 1. The Balaban J connectivity index is 2.31. The Bertz CT molecular complexity index is 464. The zero-order valence-corrected chi connectivity index (χ0v) is 11.1. The maximum absolute atomic E-state index is 13.7. The van der Waals surface area contributed by atoms with Gasteiger partial charge in [-0.3, -0.25) is 0 Å². The molecule has 1 atom stereocenters. The molecule has 0 aliphatic carbocycles. The van der Waals surface area contributed by atoms with Crippen molar-refractivity contribution < 1.29 is 22.3 Å². The minimum absolute atomic E-state index is 0.174. The van der Waals surface area contributed by atoms with E-state index in [0.29, 0.717) is 19.6 Å². The van der Waals surface area contributed by atoms with Crippen molar-refractivity contribution in [3.63, 3.8) is 0 Å². The Labute approximate surface area is 115 Å². The molecule has 0 saturated carbocycles. The van der Waals surface area contributed by atoms with Crippen LogP contribution in [0, 0.1) is 0 Å². The van der Waals surface area contributed by atoms with E-state index < -0.39 is 18.4 Å². The molecule has 2 rings (SSSR count). The molecule has 1 N–H and O–H groups in total. The Hall–Kier alpha value is -1.14. The maximum Gasteiger partial charge on any atom is 0.326 e. The Morgan fingerprint density at radius 3 is 2.60 bits per heavy atom. The SMILES string of the molecule is CCCNC(c1ccc2c(c1)COC2)C(F)(F)C(F)F. The zero-order valence-electron chi connectivity index (χ0n) is 11.1. The molecular formula is C14H17F4NO. The Kier molecular flexibility index (Phi) is 4.65. The summed E-state index contributed by atoms with van der Waals surface area (Å²) in [5, 5.41) is 2.53. The number of hydrogen-bond donors (Lipinski definition) is 1. The fraction of sp³-hybridized carbons (Fsp3) is 0.571. The van der Waals surface area contributed by atoms with Crippen LogP contribution in [-0.2, 0) is 18.0 Å². The first-order valence-corrected chi connectivity index (χ1v) is 6.55. The minimum Gasteiger partial charge on any atom is -0.372 e. The monoisotopic (exact) mass is 291 g/mol. The van der Waals surface area contributed by atoms with Crippen LogP contribution in [0.1, 0.15) is 36.1 Å². The summed E-state index contributed by atoms with van der Waals surface area (Å²) in [6, 6.07) is 2.98. The van der Waals surface area contributed by atoms with Crippen LogP contribution in [0.2, 0.25) is 0 Å². The molecular weight excluding hydrogens is 274 g/mol. The number of nitrogens with one attached hydrogen (secondary N) is 1. The van der Waals surface area contributed by atoms with E-state index in [1.807, 2.05) is 0 Å². The second-order valence-electron chi connectivity index (χ2n) is 4.88. The van der Waals surface area contributed by atoms with Gasteiger partial charge in [-0.25, -0.2) is 8.78 Å². The van der Waals surface area contributed by atoms with E-state index in [-0.39, 0.29) is 12.1 Å². The van der Waals surface area contributed by atoms with E-state index in [0.717, 1.165) is 11.1 Å². The molecule has 1 aliphatic rings. The average Bonchev–Trinajstić information content (AvgIpc) is 2.86. The van der Waals surface area contributed by atoms with Crippen molar-refractivity contribution in [1.29, 1.82) is 0 Å². The van der Waals surface area contributed by atoms with Crippen molar-refractivity contribution >= 4 is 0 Å². The first-order chi connectivity index (χ1) is 9.46. The third kappa shape index (κ3) is 2.96. The van der Waals surface area contributed by atoms with Crippen LogP contribution in [0.3, 0.4) is 0 Å². The number of halogens is 4. The van der Waals surface area contributed by atoms with Crippen LogP contribution in [0.15, 0.2) is 18.2 Å². The summed E-state index contributed by atoms with van der Waals surface area (Å²) in [6.45, 7) is 2.82. The standard InChI is InChI=1S/C14H17F4NO/c1-2-5-19-12(14(17,18)13(15)16)9-3-4-10-7-20-8-11(10)6-9/h3-4,6,12-13,19H,2,5,7-8H2,1H3. The summed E-state index contributed by atoms with van der Waals surface area (Å²) in [5.41, 5.74) is 1.88. The van der Waals surface area contributed by atoms with Gasteiger partial charge in [-0.1, -0.05) is 25.1 Å². The van der Waals surface area contributed by atoms with Crippen LogP contribution < -0.4 is 5.32 Å². The third-order valence-electron chi connectivity index (χ3n) is 3.35. The molecule has 112 valence electrons. The van der Waals surface area contributed by atoms with E-state index >= 15 is 0 Å². The van der Waals surface area contributed by atoms with E-state index in [2.05, 4.69) is 5.32 Å². The number of fused-ring (bicyclic) bond motifs is 1. The van der Waals surface area contributed by atoms with Crippen molar-refractivity contribution in [2.75, 3.05) is 6.54 Å². The molecule has 6 heteroatoms. The van der Waals surface area contributed by atoms with Gasteiger partial charge in [-0.2, -0.15) is 8.78 Å². The number of rotatable bonds is 6. The van der Waals surface area contributed by atoms with Crippen molar-refractivity contribution in [2.24, 2.45) is 0 Å². The quantitative estimate of drug-likeness (QED) is 0.808. The number of alkyl halides is 4. The first kappa shape index (κ1) is 15.3. The number of ether oxygens (including phenoxy) is 1. The van der Waals surface area contributed by atoms with Gasteiger partial charge in [0.1, 0.15) is 6.04 Å². The predicted molar refractivity (Wildman–Crippen MR) is 66.9 cm³/mol. The molecule has 1 aliphatic heterocycles. The van der Waals surface area contributed by atoms with Gasteiger partial charge in [0.05, 0.1) is 13.2 Å². The minimum atomic E-state index is -4.11. The van der Waals surface area contributed by atoms with E-state index in [9.17, 15) is 17.6 Å². The third-order valence-corrected chi connectivity index (χ3v) is 3.35. The first-order valence-electron chi connectivity index (χ1n) is 6.55. The highest BCUT2D eigenvalue weighted by molar-refractivity contribution is 5.35. The fourth-order valence-corrected chi connectivity index (χ4v) is 2.26. The van der Waals surface area contributed by atoms with Gasteiger partial charge < -0.3 is 10.1 Å². The molecule has 0 fully saturated rings. The smallest absolute Gasteiger partial charge is 0.326 e. The van der Waals surface area contributed by atoms with E-state index in [1.165, 1.54) is 12.1 Å². The molecule has 1 unspecified atom stereocenters. The molecule has 0 amide bonds. The molecule has 0 spiro atoms. The Morgan fingerprint density at radius 1 is 1.25 bits per heavy atom. The van der Waals surface area contributed by atoms with E-state index in [4.69, 9.17) is 4.74 Å². The summed E-state index contributed by atoms with van der Waals surface area (Å²) >= 11 is 0. The number of hydrogen-bond acceptors (Lipinski definition) is 2. The molecule has 0 radical (unpaired) electrons. The van der Waals surface area contributed by atoms with Crippen LogP contribution in [0.5, 0.6) is 0 Å². The molecule has 20 heavy (non-hydrogen) atoms. The van der Waals surface area contributed by atoms with Gasteiger partial charge in [-0.15, -0.1) is 0 Å². The lowest BCUT2D eigenvalue weighted by Gasteiger charge is -2.28. The lowest BCUT2D eigenvalue weighted by molar-refractivity contribution is -0.151. The molecule has 0 saturated heterocycles. The highest BCUT2D eigenvalue weighted by Crippen LogP contribution is 2.37. The topological polar surface area (TPSA) is 21.3 Å². The fourth-order valence-electron chi connectivity index (χ4n) is 2.26. The van der Waals surface area contributed by atoms with Gasteiger partial charge in [-0.05, 0) is 29.7 Å². The molecule has 0 aromatic heterocycles. The largest absolute Gasteiger partial charge is 0.372 e. The highest BCUT2D eigenvalue weighted by Gasteiger charge is 2.49. The molecule has 1 aromatic carbocycles. The van der Waals surface area contributed by atoms with Crippen molar-refractivity contribution in [1.82, 2.24) is 5.32 Å². The average molecular weight is 291 g/mol. The van der Waals surface area contributed by atoms with Gasteiger partial charge in [0.2, 0.25) is 0 Å². The molecule has 0 bridgehead atoms. The summed E-state index contributed by atoms with van der Waals surface area (Å²) in [7, 11) is 0. The van der Waals surface area contributed by atoms with Gasteiger partial charge >= 0.3 is 12.3 Å². The Morgan fingerprint density at radius 2 is 1.95 bits per heavy atom. The zero-order chi connectivity index (χ0) is 14.8. The van der Waals surface area contributed by atoms with Crippen LogP contribution in [0.4, 0.5) is 17.6 Å². The van der Waals surface area contributed by atoms with Crippen LogP contribution >= 0.6 is 0 Å². The van der Waals surface area contributed by atoms with Gasteiger partial charge in [0.25, 0.3) is 0 Å². The maximum atomic E-state index is 13.7. The van der Waals surface area contributed by atoms with Crippen molar-refractivity contribution in [3.8, 4) is 0 Å². The van der Waals surface area contributed by atoms with Gasteiger partial charge in [0.15, 0.2) is 0 Å². The molecule has 1 aromatic rings. The summed E-state index contributed by atoms with van der Waals surface area (Å²) in [5.74, 6) is -4.11. The summed E-state index contributed by atoms with van der Waals surface area (Å²) in [4.78, 5) is 0. The lowest BCUT2D eigenvalue weighted by Crippen LogP contribution is -2.42. The van der Waals surface area contributed by atoms with E-state index in [1.54, 1.807) is 13.0 Å². The summed E-state index contributed by atoms with van der Waals surface area (Å²) in [6.07, 6.45) is -3.12. The van der Waals surface area contributed by atoms with Crippen molar-refractivity contribution in [2.45, 2.75) is 44.9 Å². The second kappa shape index (κ2) is 6.10. The normalized spacial score (nSPS) is 16.5. The van der Waals surface area contributed by atoms with Gasteiger partial charge in [0, 0.05) is 0 Å². The second-order valence-corrected chi connectivity index (χ2v) is 4.88. The van der Waals surface area contributed by atoms with Crippen LogP contribution in [0.25, 0.3) is 0 Å². The summed E-state index contributed by atoms with van der Waals surface area (Å²) < 4.78 is 57.9. The van der Waals surface area contributed by atoms with Crippen LogP contribution in [-0.4, -0.2) is 18.9 Å². The highest BCUT2D eigenvalue weighted by atomic mass is 19.3. The molecule has 1 heterocycles. The van der Waals surface area contributed by atoms with Crippen molar-refractivity contribution in [3.05, 3.63) is 34.9 Å².